The average molecular weight is 179 g/mol. The van der Waals surface area contributed by atoms with Gasteiger partial charge in [0.05, 0.1) is 22.9 Å². The number of nitrogens with one attached hydrogen (secondary N) is 1. The van der Waals surface area contributed by atoms with Gasteiger partial charge in [-0.05, 0) is 6.42 Å². The van der Waals surface area contributed by atoms with Crippen molar-refractivity contribution in [3.63, 3.8) is 0 Å². The molecule has 1 heterocycles. The molecule has 1 saturated heterocycles. The fourth-order valence-electron chi connectivity index (χ4n) is 0.955. The molecule has 3 atom stereocenters. The highest BCUT2D eigenvalue weighted by Crippen LogP contribution is 2.21. The zero-order valence-electron chi connectivity index (χ0n) is 5.35. The van der Waals surface area contributed by atoms with Crippen LogP contribution in [0.5, 0.6) is 0 Å². The minimum Gasteiger partial charge on any atom is -0.300 e. The summed E-state index contributed by atoms with van der Waals surface area (Å²) in [6.07, 6.45) is 0.668. The van der Waals surface area contributed by atoms with Gasteiger partial charge in [0.15, 0.2) is 0 Å². The fourth-order valence-corrected chi connectivity index (χ4v) is 1.65. The smallest absolute Gasteiger partial charge is 0.0840 e. The molecule has 0 radical (unpaired) electrons. The molecule has 0 spiro atoms. The molecule has 1 fully saturated rings. The first-order valence-electron chi connectivity index (χ1n) is 3.15. The first-order valence-corrected chi connectivity index (χ1v) is 4.02. The van der Waals surface area contributed by atoms with Crippen LogP contribution in [0.1, 0.15) is 6.42 Å². The monoisotopic (exact) mass is 178 g/mol. The Bertz CT molecular complexity index is 154. The number of piperidine rings is 1. The van der Waals surface area contributed by atoms with Gasteiger partial charge in [-0.15, -0.1) is 23.2 Å². The summed E-state index contributed by atoms with van der Waals surface area (Å²) in [5.41, 5.74) is -0.0629. The van der Waals surface area contributed by atoms with Gasteiger partial charge in [0.25, 0.3) is 0 Å². The van der Waals surface area contributed by atoms with E-state index in [1.807, 2.05) is 0 Å². The molecule has 1 rings (SSSR count). The Hall–Kier alpha value is 0.0300. The van der Waals surface area contributed by atoms with Crippen LogP contribution < -0.4 is 5.32 Å². The average Bonchev–Trinajstić information content (AvgIpc) is 1.88. The molecule has 0 aromatic carbocycles. The van der Waals surface area contributed by atoms with Crippen molar-refractivity contribution in [1.29, 1.82) is 5.26 Å². The summed E-state index contributed by atoms with van der Waals surface area (Å²) in [7, 11) is 0. The van der Waals surface area contributed by atoms with E-state index in [0.29, 0.717) is 13.0 Å². The van der Waals surface area contributed by atoms with E-state index in [-0.39, 0.29) is 16.8 Å². The summed E-state index contributed by atoms with van der Waals surface area (Å²) in [5, 5.41) is 11.4. The second-order valence-corrected chi connectivity index (χ2v) is 3.45. The lowest BCUT2D eigenvalue weighted by atomic mass is 10.0. The van der Waals surface area contributed by atoms with Crippen LogP contribution >= 0.6 is 23.2 Å². The molecule has 56 valence electrons. The molecule has 2 nitrogen and oxygen atoms in total. The molecule has 1 aliphatic rings. The van der Waals surface area contributed by atoms with E-state index < -0.39 is 0 Å². The minimum atomic E-state index is -0.0891. The molecule has 0 bridgehead atoms. The molecule has 0 aromatic heterocycles. The minimum absolute atomic E-state index is 0.0629. The van der Waals surface area contributed by atoms with Crippen LogP contribution in [0.25, 0.3) is 0 Å². The lowest BCUT2D eigenvalue weighted by Crippen LogP contribution is -2.41. The lowest BCUT2D eigenvalue weighted by molar-refractivity contribution is 0.426. The Kier molecular flexibility index (Phi) is 2.79. The highest BCUT2D eigenvalue weighted by Gasteiger charge is 2.27. The molecule has 0 saturated carbocycles. The van der Waals surface area contributed by atoms with Crippen LogP contribution in [-0.2, 0) is 0 Å². The molecular formula is C6H8Cl2N2. The Morgan fingerprint density at radius 3 is 2.70 bits per heavy atom. The fraction of sp³-hybridized carbons (Fsp3) is 0.833. The third-order valence-electron chi connectivity index (χ3n) is 1.59. The maximum absolute atomic E-state index is 8.53. The third-order valence-corrected chi connectivity index (χ3v) is 2.41. The molecule has 0 aliphatic carbocycles. The molecule has 3 unspecified atom stereocenters. The van der Waals surface area contributed by atoms with E-state index in [0.717, 1.165) is 0 Å². The normalized spacial score (nSPS) is 40.7. The molecular weight excluding hydrogens is 171 g/mol. The van der Waals surface area contributed by atoms with Crippen molar-refractivity contribution >= 4 is 23.2 Å². The van der Waals surface area contributed by atoms with E-state index >= 15 is 0 Å². The van der Waals surface area contributed by atoms with Gasteiger partial charge < -0.3 is 0 Å². The van der Waals surface area contributed by atoms with Gasteiger partial charge in [0, 0.05) is 6.54 Å². The van der Waals surface area contributed by atoms with Gasteiger partial charge in [0.1, 0.15) is 0 Å². The van der Waals surface area contributed by atoms with Gasteiger partial charge in [-0.2, -0.15) is 5.26 Å². The first-order chi connectivity index (χ1) is 4.74. The van der Waals surface area contributed by atoms with E-state index in [4.69, 9.17) is 28.5 Å². The van der Waals surface area contributed by atoms with Gasteiger partial charge in [0.2, 0.25) is 0 Å². The molecule has 1 N–H and O–H groups in total. The predicted molar refractivity (Wildman–Crippen MR) is 41.0 cm³/mol. The summed E-state index contributed by atoms with van der Waals surface area (Å²) in [4.78, 5) is 0. The standard InChI is InChI=1S/C6H8Cl2N2/c7-5-1-6(8)10-3-4(5)2-9/h4-6,10H,1,3H2. The largest absolute Gasteiger partial charge is 0.300 e. The second kappa shape index (κ2) is 3.43. The summed E-state index contributed by atoms with van der Waals surface area (Å²) < 4.78 is 0. The maximum atomic E-state index is 8.53. The Balaban J connectivity index is 2.45. The molecule has 1 aliphatic heterocycles. The van der Waals surface area contributed by atoms with Gasteiger partial charge >= 0.3 is 0 Å². The van der Waals surface area contributed by atoms with E-state index in [1.54, 1.807) is 0 Å². The van der Waals surface area contributed by atoms with Gasteiger partial charge in [-0.3, -0.25) is 5.32 Å². The van der Waals surface area contributed by atoms with E-state index in [2.05, 4.69) is 11.4 Å². The number of hydrogen-bond donors (Lipinski definition) is 1. The van der Waals surface area contributed by atoms with Gasteiger partial charge in [-0.25, -0.2) is 0 Å². The molecule has 4 heteroatoms. The summed E-state index contributed by atoms with van der Waals surface area (Å²) >= 11 is 11.6. The van der Waals surface area contributed by atoms with Crippen LogP contribution in [0.15, 0.2) is 0 Å². The van der Waals surface area contributed by atoms with Crippen molar-refractivity contribution in [2.24, 2.45) is 5.92 Å². The number of nitriles is 1. The number of rotatable bonds is 0. The third kappa shape index (κ3) is 1.76. The number of hydrogen-bond acceptors (Lipinski definition) is 2. The topological polar surface area (TPSA) is 35.8 Å². The van der Waals surface area contributed by atoms with Crippen LogP contribution in [0.4, 0.5) is 0 Å². The van der Waals surface area contributed by atoms with Gasteiger partial charge in [-0.1, -0.05) is 0 Å². The van der Waals surface area contributed by atoms with Crippen molar-refractivity contribution in [1.82, 2.24) is 5.32 Å². The van der Waals surface area contributed by atoms with Crippen molar-refractivity contribution in [3.8, 4) is 6.07 Å². The highest BCUT2D eigenvalue weighted by atomic mass is 35.5. The second-order valence-electron chi connectivity index (χ2n) is 2.36. The van der Waals surface area contributed by atoms with Crippen molar-refractivity contribution in [3.05, 3.63) is 0 Å². The van der Waals surface area contributed by atoms with Crippen LogP contribution in [-0.4, -0.2) is 17.4 Å². The number of nitrogens with zero attached hydrogens (tertiary/aromatic N) is 1. The predicted octanol–water partition coefficient (Wildman–Crippen LogP) is 1.29. The molecule has 0 aromatic rings. The Labute approximate surface area is 70.1 Å². The van der Waals surface area contributed by atoms with Crippen LogP contribution in [0, 0.1) is 17.2 Å². The number of halogens is 2. The molecule has 10 heavy (non-hydrogen) atoms. The van der Waals surface area contributed by atoms with Crippen molar-refractivity contribution in [2.45, 2.75) is 17.3 Å². The van der Waals surface area contributed by atoms with Crippen molar-refractivity contribution in [2.75, 3.05) is 6.54 Å². The van der Waals surface area contributed by atoms with E-state index in [1.165, 1.54) is 0 Å². The maximum Gasteiger partial charge on any atom is 0.0840 e. The van der Waals surface area contributed by atoms with Crippen molar-refractivity contribution < 1.29 is 0 Å². The SMILES string of the molecule is N#CC1CNC(Cl)CC1Cl. The summed E-state index contributed by atoms with van der Waals surface area (Å²) in [5.74, 6) is -0.0864. The summed E-state index contributed by atoms with van der Waals surface area (Å²) in [6.45, 7) is 0.610. The Morgan fingerprint density at radius 2 is 2.20 bits per heavy atom. The first kappa shape index (κ1) is 8.13. The Morgan fingerprint density at radius 1 is 1.50 bits per heavy atom. The highest BCUT2D eigenvalue weighted by molar-refractivity contribution is 6.23. The zero-order chi connectivity index (χ0) is 7.56. The zero-order valence-corrected chi connectivity index (χ0v) is 6.86. The molecule has 0 amide bonds. The lowest BCUT2D eigenvalue weighted by Gasteiger charge is -2.26. The van der Waals surface area contributed by atoms with Crippen LogP contribution in [0.3, 0.4) is 0 Å². The summed E-state index contributed by atoms with van der Waals surface area (Å²) in [6, 6.07) is 2.12. The quantitative estimate of drug-likeness (QED) is 0.449. The van der Waals surface area contributed by atoms with E-state index in [9.17, 15) is 0 Å². The number of alkyl halides is 2. The van der Waals surface area contributed by atoms with Crippen LogP contribution in [0.2, 0.25) is 0 Å².